The van der Waals surface area contributed by atoms with E-state index < -0.39 is 0 Å². The molecule has 1 saturated heterocycles. The molecule has 2 N–H and O–H groups in total. The Balaban J connectivity index is 2.21. The van der Waals surface area contributed by atoms with E-state index in [1.54, 1.807) is 0 Å². The van der Waals surface area contributed by atoms with Crippen LogP contribution in [-0.2, 0) is 4.79 Å². The molecular weight excluding hydrogens is 208 g/mol. The van der Waals surface area contributed by atoms with Crippen LogP contribution in [0.5, 0.6) is 0 Å². The molecule has 0 aromatic heterocycles. The van der Waals surface area contributed by atoms with Crippen molar-refractivity contribution >= 4 is 17.7 Å². The van der Waals surface area contributed by atoms with E-state index in [1.807, 2.05) is 11.8 Å². The molecule has 0 saturated carbocycles. The van der Waals surface area contributed by atoms with Gasteiger partial charge in [0.05, 0.1) is 5.92 Å². The predicted molar refractivity (Wildman–Crippen MR) is 66.2 cm³/mol. The molecule has 1 unspecified atom stereocenters. The maximum atomic E-state index is 11.8. The lowest BCUT2D eigenvalue weighted by atomic mass is 9.98. The Labute approximate surface area is 96.8 Å². The average Bonchev–Trinajstić information content (AvgIpc) is 2.27. The van der Waals surface area contributed by atoms with Crippen molar-refractivity contribution in [3.63, 3.8) is 0 Å². The van der Waals surface area contributed by atoms with E-state index in [0.29, 0.717) is 6.04 Å². The first-order chi connectivity index (χ1) is 7.24. The molecule has 4 heteroatoms. The fourth-order valence-electron chi connectivity index (χ4n) is 1.80. The van der Waals surface area contributed by atoms with Crippen LogP contribution >= 0.6 is 11.8 Å². The molecule has 0 aliphatic carbocycles. The van der Waals surface area contributed by atoms with Gasteiger partial charge in [-0.3, -0.25) is 4.79 Å². The summed E-state index contributed by atoms with van der Waals surface area (Å²) in [5.41, 5.74) is 0. The summed E-state index contributed by atoms with van der Waals surface area (Å²) in [6.07, 6.45) is 5.32. The Hall–Kier alpha value is -0.220. The molecule has 88 valence electrons. The molecule has 0 radical (unpaired) electrons. The van der Waals surface area contributed by atoms with Gasteiger partial charge in [-0.05, 0) is 44.7 Å². The minimum absolute atomic E-state index is 0.190. The van der Waals surface area contributed by atoms with E-state index in [1.165, 1.54) is 0 Å². The van der Waals surface area contributed by atoms with Gasteiger partial charge in [-0.1, -0.05) is 0 Å². The van der Waals surface area contributed by atoms with E-state index in [-0.39, 0.29) is 11.8 Å². The molecule has 1 heterocycles. The van der Waals surface area contributed by atoms with Crippen molar-refractivity contribution in [1.29, 1.82) is 0 Å². The number of thioether (sulfide) groups is 1. The number of carbonyl (C=O) groups is 1. The van der Waals surface area contributed by atoms with Crippen LogP contribution < -0.4 is 10.6 Å². The van der Waals surface area contributed by atoms with Gasteiger partial charge in [-0.15, -0.1) is 0 Å². The lowest BCUT2D eigenvalue weighted by molar-refractivity contribution is -0.126. The molecule has 3 nitrogen and oxygen atoms in total. The standard InChI is InChI=1S/C11H22N2OS/c1-9(5-7-15-2)13-11(14)10-4-3-6-12-8-10/h9-10,12H,3-8H2,1-2H3,(H,13,14)/t9?,10-/m1/s1. The number of hydrogen-bond acceptors (Lipinski definition) is 3. The Kier molecular flexibility index (Phi) is 6.10. The maximum absolute atomic E-state index is 11.8. The van der Waals surface area contributed by atoms with Gasteiger partial charge in [0.25, 0.3) is 0 Å². The van der Waals surface area contributed by atoms with Crippen LogP contribution in [0.2, 0.25) is 0 Å². The quantitative estimate of drug-likeness (QED) is 0.747. The normalized spacial score (nSPS) is 23.5. The van der Waals surface area contributed by atoms with E-state index in [9.17, 15) is 4.79 Å². The minimum Gasteiger partial charge on any atom is -0.353 e. The van der Waals surface area contributed by atoms with E-state index >= 15 is 0 Å². The van der Waals surface area contributed by atoms with Crippen LogP contribution in [0.15, 0.2) is 0 Å². The van der Waals surface area contributed by atoms with Crippen molar-refractivity contribution in [1.82, 2.24) is 10.6 Å². The fraction of sp³-hybridized carbons (Fsp3) is 0.909. The lowest BCUT2D eigenvalue weighted by Crippen LogP contribution is -2.43. The summed E-state index contributed by atoms with van der Waals surface area (Å²) in [5.74, 6) is 1.54. The first-order valence-corrected chi connectivity index (χ1v) is 7.13. The molecule has 0 spiro atoms. The third kappa shape index (κ3) is 4.89. The highest BCUT2D eigenvalue weighted by atomic mass is 32.2. The molecule has 0 bridgehead atoms. The van der Waals surface area contributed by atoms with E-state index in [4.69, 9.17) is 0 Å². The molecule has 1 aliphatic heterocycles. The summed E-state index contributed by atoms with van der Waals surface area (Å²) in [6, 6.07) is 0.312. The summed E-state index contributed by atoms with van der Waals surface area (Å²) < 4.78 is 0. The molecular formula is C11H22N2OS. The van der Waals surface area contributed by atoms with Crippen molar-refractivity contribution in [2.45, 2.75) is 32.2 Å². The van der Waals surface area contributed by atoms with Crippen LogP contribution in [0.1, 0.15) is 26.2 Å². The van der Waals surface area contributed by atoms with E-state index in [0.717, 1.165) is 38.1 Å². The molecule has 1 fully saturated rings. The van der Waals surface area contributed by atoms with Gasteiger partial charge >= 0.3 is 0 Å². The molecule has 1 rings (SSSR count). The molecule has 1 amide bonds. The van der Waals surface area contributed by atoms with Crippen molar-refractivity contribution in [3.05, 3.63) is 0 Å². The summed E-state index contributed by atoms with van der Waals surface area (Å²) >= 11 is 1.83. The second-order valence-electron chi connectivity index (χ2n) is 4.23. The van der Waals surface area contributed by atoms with Gasteiger partial charge < -0.3 is 10.6 Å². The van der Waals surface area contributed by atoms with Gasteiger partial charge in [0.1, 0.15) is 0 Å². The second kappa shape index (κ2) is 7.12. The number of rotatable bonds is 5. The number of nitrogens with one attached hydrogen (secondary N) is 2. The highest BCUT2D eigenvalue weighted by Crippen LogP contribution is 2.10. The van der Waals surface area contributed by atoms with Crippen molar-refractivity contribution in [2.24, 2.45) is 5.92 Å². The highest BCUT2D eigenvalue weighted by molar-refractivity contribution is 7.98. The van der Waals surface area contributed by atoms with E-state index in [2.05, 4.69) is 23.8 Å². The zero-order valence-corrected chi connectivity index (χ0v) is 10.5. The van der Waals surface area contributed by atoms with Crippen molar-refractivity contribution in [3.8, 4) is 0 Å². The number of hydrogen-bond donors (Lipinski definition) is 2. The van der Waals surface area contributed by atoms with Crippen LogP contribution in [-0.4, -0.2) is 37.0 Å². The Morgan fingerprint density at radius 2 is 2.47 bits per heavy atom. The first kappa shape index (κ1) is 12.8. The van der Waals surface area contributed by atoms with Crippen molar-refractivity contribution in [2.75, 3.05) is 25.1 Å². The molecule has 2 atom stereocenters. The Morgan fingerprint density at radius 3 is 3.07 bits per heavy atom. The molecule has 0 aromatic carbocycles. The Bertz CT molecular complexity index is 193. The maximum Gasteiger partial charge on any atom is 0.224 e. The highest BCUT2D eigenvalue weighted by Gasteiger charge is 2.21. The van der Waals surface area contributed by atoms with Crippen LogP contribution in [0.25, 0.3) is 0 Å². The zero-order valence-electron chi connectivity index (χ0n) is 9.71. The number of carbonyl (C=O) groups excluding carboxylic acids is 1. The monoisotopic (exact) mass is 230 g/mol. The summed E-state index contributed by atoms with van der Waals surface area (Å²) in [4.78, 5) is 11.8. The molecule has 0 aromatic rings. The van der Waals surface area contributed by atoms with Gasteiger partial charge in [0.2, 0.25) is 5.91 Å². The number of amides is 1. The van der Waals surface area contributed by atoms with Crippen LogP contribution in [0, 0.1) is 5.92 Å². The molecule has 1 aliphatic rings. The van der Waals surface area contributed by atoms with Gasteiger partial charge in [0, 0.05) is 12.6 Å². The first-order valence-electron chi connectivity index (χ1n) is 5.74. The number of piperidine rings is 1. The zero-order chi connectivity index (χ0) is 11.1. The SMILES string of the molecule is CSCCC(C)NC(=O)[C@@H]1CCCNC1. The van der Waals surface area contributed by atoms with Gasteiger partial charge in [-0.25, -0.2) is 0 Å². The summed E-state index contributed by atoms with van der Waals surface area (Å²) in [6.45, 7) is 4.00. The topological polar surface area (TPSA) is 41.1 Å². The largest absolute Gasteiger partial charge is 0.353 e. The Morgan fingerprint density at radius 1 is 1.67 bits per heavy atom. The van der Waals surface area contributed by atoms with Crippen molar-refractivity contribution < 1.29 is 4.79 Å². The lowest BCUT2D eigenvalue weighted by Gasteiger charge is -2.23. The second-order valence-corrected chi connectivity index (χ2v) is 5.22. The fourth-order valence-corrected chi connectivity index (χ4v) is 2.39. The third-order valence-electron chi connectivity index (χ3n) is 2.81. The van der Waals surface area contributed by atoms with Crippen LogP contribution in [0.4, 0.5) is 0 Å². The predicted octanol–water partition coefficient (Wildman–Crippen LogP) is 1.24. The summed E-state index contributed by atoms with van der Waals surface area (Å²) in [5, 5.41) is 6.36. The van der Waals surface area contributed by atoms with Gasteiger partial charge in [-0.2, -0.15) is 11.8 Å². The minimum atomic E-state index is 0.190. The van der Waals surface area contributed by atoms with Gasteiger partial charge in [0.15, 0.2) is 0 Å². The average molecular weight is 230 g/mol. The smallest absolute Gasteiger partial charge is 0.224 e. The summed E-state index contributed by atoms with van der Waals surface area (Å²) in [7, 11) is 0. The van der Waals surface area contributed by atoms with Crippen LogP contribution in [0.3, 0.4) is 0 Å². The third-order valence-corrected chi connectivity index (χ3v) is 3.46. The molecule has 15 heavy (non-hydrogen) atoms.